The lowest BCUT2D eigenvalue weighted by Crippen LogP contribution is -2.30. The lowest BCUT2D eigenvalue weighted by Gasteiger charge is -2.28. The zero-order valence-electron chi connectivity index (χ0n) is 17.2. The Morgan fingerprint density at radius 2 is 1.94 bits per heavy atom. The van der Waals surface area contributed by atoms with Crippen LogP contribution in [-0.4, -0.2) is 23.0 Å². The van der Waals surface area contributed by atoms with Crippen LogP contribution in [0.1, 0.15) is 29.5 Å². The lowest BCUT2D eigenvalue weighted by molar-refractivity contribution is -0.136. The summed E-state index contributed by atoms with van der Waals surface area (Å²) in [6.45, 7) is 1.73. The molecule has 1 aliphatic rings. The molecule has 9 heteroatoms. The van der Waals surface area contributed by atoms with Crippen molar-refractivity contribution in [1.29, 1.82) is 0 Å². The molecule has 0 aliphatic carbocycles. The van der Waals surface area contributed by atoms with E-state index >= 15 is 0 Å². The molecule has 4 rings (SSSR count). The van der Waals surface area contributed by atoms with E-state index in [2.05, 4.69) is 15.3 Å². The van der Waals surface area contributed by atoms with Gasteiger partial charge in [-0.1, -0.05) is 53.7 Å². The number of nitrogens with zero attached hydrogens (tertiary/aromatic N) is 1. The summed E-state index contributed by atoms with van der Waals surface area (Å²) >= 11 is 7.24. The highest BCUT2D eigenvalue weighted by atomic mass is 35.5. The van der Waals surface area contributed by atoms with Gasteiger partial charge in [-0.05, 0) is 36.2 Å². The first-order chi connectivity index (χ1) is 15.4. The van der Waals surface area contributed by atoms with Crippen LogP contribution in [0.15, 0.2) is 69.8 Å². The molecule has 1 atom stereocenters. The van der Waals surface area contributed by atoms with Crippen molar-refractivity contribution in [2.75, 3.05) is 12.4 Å². The van der Waals surface area contributed by atoms with Gasteiger partial charge in [-0.3, -0.25) is 4.79 Å². The molecule has 0 fully saturated rings. The Kier molecular flexibility index (Phi) is 6.34. The average molecular weight is 472 g/mol. The summed E-state index contributed by atoms with van der Waals surface area (Å²) < 4.78 is 18.9. The number of aromatic amines is 1. The molecule has 3 aromatic rings. The maximum atomic E-state index is 13.9. The normalized spacial score (nSPS) is 15.2. The molecular weight excluding hydrogens is 453 g/mol. The SMILES string of the molecule is COC(=O)C1=C(C)Nc2nc(SCc3ccccc3F)[nH]c(=O)c2[C@H]1c1ccc(Cl)cc1. The van der Waals surface area contributed by atoms with Crippen LogP contribution in [0.3, 0.4) is 0 Å². The number of thioether (sulfide) groups is 1. The van der Waals surface area contributed by atoms with Crippen LogP contribution >= 0.6 is 23.4 Å². The van der Waals surface area contributed by atoms with Crippen LogP contribution in [0.5, 0.6) is 0 Å². The summed E-state index contributed by atoms with van der Waals surface area (Å²) in [5.74, 6) is -0.898. The fraction of sp³-hybridized carbons (Fsp3) is 0.174. The minimum Gasteiger partial charge on any atom is -0.466 e. The third kappa shape index (κ3) is 4.28. The maximum absolute atomic E-state index is 13.9. The van der Waals surface area contributed by atoms with Crippen LogP contribution in [0.25, 0.3) is 0 Å². The lowest BCUT2D eigenvalue weighted by atomic mass is 9.82. The molecular formula is C23H19ClFN3O3S. The van der Waals surface area contributed by atoms with E-state index in [9.17, 15) is 14.0 Å². The quantitative estimate of drug-likeness (QED) is 0.314. The number of hydrogen-bond donors (Lipinski definition) is 2. The molecule has 0 saturated heterocycles. The number of allylic oxidation sites excluding steroid dienone is 1. The van der Waals surface area contributed by atoms with Crippen molar-refractivity contribution >= 4 is 35.1 Å². The van der Waals surface area contributed by atoms with Crippen molar-refractivity contribution in [1.82, 2.24) is 9.97 Å². The Bertz CT molecular complexity index is 1270. The molecule has 6 nitrogen and oxygen atoms in total. The van der Waals surface area contributed by atoms with Crippen molar-refractivity contribution in [3.05, 3.63) is 97.7 Å². The number of aromatic nitrogens is 2. The van der Waals surface area contributed by atoms with Gasteiger partial charge in [-0.2, -0.15) is 0 Å². The number of carbonyl (C=O) groups excluding carboxylic acids is 1. The zero-order chi connectivity index (χ0) is 22.8. The summed E-state index contributed by atoms with van der Waals surface area (Å²) in [4.78, 5) is 33.0. The van der Waals surface area contributed by atoms with Crippen LogP contribution in [0.2, 0.25) is 5.02 Å². The van der Waals surface area contributed by atoms with Crippen molar-refractivity contribution in [3.8, 4) is 0 Å². The largest absolute Gasteiger partial charge is 0.466 e. The van der Waals surface area contributed by atoms with Crippen LogP contribution in [0.4, 0.5) is 10.2 Å². The van der Waals surface area contributed by atoms with Gasteiger partial charge in [-0.15, -0.1) is 0 Å². The first-order valence-electron chi connectivity index (χ1n) is 9.71. The first-order valence-corrected chi connectivity index (χ1v) is 11.1. The van der Waals surface area contributed by atoms with Gasteiger partial charge in [0.1, 0.15) is 11.6 Å². The molecule has 0 spiro atoms. The highest BCUT2D eigenvalue weighted by Gasteiger charge is 2.36. The van der Waals surface area contributed by atoms with E-state index in [4.69, 9.17) is 16.3 Å². The Labute approximate surface area is 192 Å². The fourth-order valence-corrected chi connectivity index (χ4v) is 4.60. The predicted octanol–water partition coefficient (Wildman–Crippen LogP) is 4.86. The molecule has 0 saturated carbocycles. The standard InChI is InChI=1S/C23H19ClFN3O3S/c1-12-17(22(30)31-2)18(13-7-9-15(24)10-8-13)19-20(26-12)27-23(28-21(19)29)32-11-14-5-3-4-6-16(14)25/h3-10,18H,11H2,1-2H3,(H2,26,27,28,29)/t18-/m0/s1. The first kappa shape index (κ1) is 22.1. The Morgan fingerprint density at radius 3 is 2.62 bits per heavy atom. The van der Waals surface area contributed by atoms with E-state index in [0.717, 1.165) is 0 Å². The van der Waals surface area contributed by atoms with Gasteiger partial charge in [0, 0.05) is 16.5 Å². The number of hydrogen-bond acceptors (Lipinski definition) is 6. The Morgan fingerprint density at radius 1 is 1.22 bits per heavy atom. The molecule has 2 heterocycles. The minimum absolute atomic E-state index is 0.300. The second-order valence-corrected chi connectivity index (χ2v) is 8.55. The smallest absolute Gasteiger partial charge is 0.336 e. The monoisotopic (exact) mass is 471 g/mol. The van der Waals surface area contributed by atoms with E-state index in [1.165, 1.54) is 24.9 Å². The number of carbonyl (C=O) groups is 1. The van der Waals surface area contributed by atoms with Gasteiger partial charge < -0.3 is 15.0 Å². The number of benzene rings is 2. The second-order valence-electron chi connectivity index (χ2n) is 7.15. The average Bonchev–Trinajstić information content (AvgIpc) is 2.77. The van der Waals surface area contributed by atoms with Crippen LogP contribution in [-0.2, 0) is 15.3 Å². The number of ether oxygens (including phenoxy) is 1. The number of rotatable bonds is 5. The Balaban J connectivity index is 1.76. The van der Waals surface area contributed by atoms with Gasteiger partial charge >= 0.3 is 5.97 Å². The van der Waals surface area contributed by atoms with Crippen molar-refractivity contribution in [2.45, 2.75) is 23.8 Å². The van der Waals surface area contributed by atoms with E-state index < -0.39 is 17.4 Å². The van der Waals surface area contributed by atoms with Gasteiger partial charge in [0.2, 0.25) is 0 Å². The highest BCUT2D eigenvalue weighted by Crippen LogP contribution is 2.40. The summed E-state index contributed by atoms with van der Waals surface area (Å²) in [6.07, 6.45) is 0. The van der Waals surface area contributed by atoms with Crippen molar-refractivity contribution in [3.63, 3.8) is 0 Å². The topological polar surface area (TPSA) is 84.1 Å². The minimum atomic E-state index is -0.683. The van der Waals surface area contributed by atoms with E-state index in [1.54, 1.807) is 49.4 Å². The molecule has 2 aromatic carbocycles. The molecule has 32 heavy (non-hydrogen) atoms. The predicted molar refractivity (Wildman–Crippen MR) is 122 cm³/mol. The second kappa shape index (κ2) is 9.18. The third-order valence-corrected chi connectivity index (χ3v) is 6.33. The van der Waals surface area contributed by atoms with Gasteiger partial charge in [0.25, 0.3) is 5.56 Å². The van der Waals surface area contributed by atoms with E-state index in [0.29, 0.717) is 49.7 Å². The number of fused-ring (bicyclic) bond motifs is 1. The molecule has 1 aromatic heterocycles. The number of anilines is 1. The molecule has 0 unspecified atom stereocenters. The number of halogens is 2. The van der Waals surface area contributed by atoms with Gasteiger partial charge in [-0.25, -0.2) is 14.2 Å². The number of nitrogens with one attached hydrogen (secondary N) is 2. The number of H-pyrrole nitrogens is 1. The van der Waals surface area contributed by atoms with Crippen molar-refractivity contribution in [2.24, 2.45) is 0 Å². The summed E-state index contributed by atoms with van der Waals surface area (Å²) in [6, 6.07) is 13.4. The summed E-state index contributed by atoms with van der Waals surface area (Å²) in [5.41, 5.74) is 1.97. The van der Waals surface area contributed by atoms with E-state index in [1.807, 2.05) is 0 Å². The highest BCUT2D eigenvalue weighted by molar-refractivity contribution is 7.98. The molecule has 1 aliphatic heterocycles. The maximum Gasteiger partial charge on any atom is 0.336 e. The molecule has 0 amide bonds. The van der Waals surface area contributed by atoms with Gasteiger partial charge in [0.05, 0.1) is 24.2 Å². The zero-order valence-corrected chi connectivity index (χ0v) is 18.8. The summed E-state index contributed by atoms with van der Waals surface area (Å²) in [7, 11) is 1.29. The fourth-order valence-electron chi connectivity index (χ4n) is 3.63. The number of methoxy groups -OCH3 is 1. The molecule has 164 valence electrons. The molecule has 0 bridgehead atoms. The summed E-state index contributed by atoms with van der Waals surface area (Å²) in [5, 5.41) is 3.94. The number of esters is 1. The molecule has 0 radical (unpaired) electrons. The molecule has 2 N–H and O–H groups in total. The Hall–Kier alpha value is -3.10. The third-order valence-electron chi connectivity index (χ3n) is 5.15. The van der Waals surface area contributed by atoms with Crippen LogP contribution in [0, 0.1) is 5.82 Å². The van der Waals surface area contributed by atoms with Gasteiger partial charge in [0.15, 0.2) is 5.16 Å². The van der Waals surface area contributed by atoms with E-state index in [-0.39, 0.29) is 5.82 Å². The van der Waals surface area contributed by atoms with Crippen LogP contribution < -0.4 is 10.9 Å². The van der Waals surface area contributed by atoms with Crippen molar-refractivity contribution < 1.29 is 13.9 Å².